The molecule has 1 amide bonds. The van der Waals surface area contributed by atoms with Crippen LogP contribution in [-0.2, 0) is 0 Å². The fraction of sp³-hybridized carbons (Fsp3) is 0.300. The normalized spacial score (nSPS) is 10.9. The van der Waals surface area contributed by atoms with Crippen molar-refractivity contribution in [1.29, 1.82) is 0 Å². The van der Waals surface area contributed by atoms with Gasteiger partial charge in [-0.1, -0.05) is 12.1 Å². The molecule has 0 atom stereocenters. The van der Waals surface area contributed by atoms with Crippen LogP contribution >= 0.6 is 11.5 Å². The van der Waals surface area contributed by atoms with Crippen molar-refractivity contribution >= 4 is 39.0 Å². The molecule has 0 saturated heterocycles. The van der Waals surface area contributed by atoms with E-state index in [9.17, 15) is 4.79 Å². The quantitative estimate of drug-likeness (QED) is 0.517. The molecule has 0 aliphatic heterocycles. The molecule has 0 aliphatic carbocycles. The Morgan fingerprint density at radius 3 is 2.62 bits per heavy atom. The van der Waals surface area contributed by atoms with E-state index in [2.05, 4.69) is 46.3 Å². The molecule has 0 unspecified atom stereocenters. The molecule has 0 radical (unpaired) electrons. The molecule has 6 heteroatoms. The maximum absolute atomic E-state index is 12.2. The summed E-state index contributed by atoms with van der Waals surface area (Å²) in [6.07, 6.45) is 0.838. The molecule has 1 heterocycles. The summed E-state index contributed by atoms with van der Waals surface area (Å²) in [7, 11) is 0. The molecular weight excluding hydrogens is 344 g/mol. The van der Waals surface area contributed by atoms with E-state index in [1.54, 1.807) is 0 Å². The number of hydrogen-bond acceptors (Lipinski definition) is 5. The monoisotopic (exact) mass is 368 g/mol. The van der Waals surface area contributed by atoms with Gasteiger partial charge in [-0.15, -0.1) is 0 Å². The van der Waals surface area contributed by atoms with Crippen molar-refractivity contribution in [3.8, 4) is 0 Å². The van der Waals surface area contributed by atoms with Gasteiger partial charge in [0.2, 0.25) is 0 Å². The van der Waals surface area contributed by atoms with Gasteiger partial charge < -0.3 is 16.0 Å². The van der Waals surface area contributed by atoms with Gasteiger partial charge in [0.25, 0.3) is 5.91 Å². The molecule has 3 rings (SSSR count). The van der Waals surface area contributed by atoms with Gasteiger partial charge in [-0.25, -0.2) is 0 Å². The maximum Gasteiger partial charge on any atom is 0.251 e. The van der Waals surface area contributed by atoms with Crippen LogP contribution in [0.15, 0.2) is 48.5 Å². The van der Waals surface area contributed by atoms with Crippen molar-refractivity contribution < 1.29 is 4.79 Å². The van der Waals surface area contributed by atoms with E-state index in [4.69, 9.17) is 0 Å². The highest BCUT2D eigenvalue weighted by molar-refractivity contribution is 7.13. The number of nitrogens with one attached hydrogen (secondary N) is 3. The van der Waals surface area contributed by atoms with E-state index in [-0.39, 0.29) is 5.91 Å². The molecule has 0 spiro atoms. The SMILES string of the molecule is CC(C)Nc1ccc(C(=O)NCCCNc2nsc3ccccc23)cc1. The van der Waals surface area contributed by atoms with Crippen molar-refractivity contribution in [2.45, 2.75) is 26.3 Å². The number of hydrogen-bond donors (Lipinski definition) is 3. The summed E-state index contributed by atoms with van der Waals surface area (Å²) in [5.41, 5.74) is 1.70. The molecule has 1 aromatic heterocycles. The summed E-state index contributed by atoms with van der Waals surface area (Å²) < 4.78 is 5.62. The number of anilines is 2. The summed E-state index contributed by atoms with van der Waals surface area (Å²) in [6.45, 7) is 5.57. The number of rotatable bonds is 8. The number of benzene rings is 2. The highest BCUT2D eigenvalue weighted by Gasteiger charge is 2.06. The second-order valence-corrected chi connectivity index (χ2v) is 7.24. The number of amides is 1. The van der Waals surface area contributed by atoms with Crippen molar-refractivity contribution in [3.63, 3.8) is 0 Å². The van der Waals surface area contributed by atoms with Gasteiger partial charge in [-0.2, -0.15) is 4.37 Å². The Labute approximate surface area is 158 Å². The number of carbonyl (C=O) groups is 1. The molecule has 2 aromatic carbocycles. The Morgan fingerprint density at radius 2 is 1.85 bits per heavy atom. The molecule has 5 nitrogen and oxygen atoms in total. The minimum absolute atomic E-state index is 0.0415. The van der Waals surface area contributed by atoms with E-state index >= 15 is 0 Å². The molecule has 0 aliphatic rings. The topological polar surface area (TPSA) is 66.1 Å². The molecule has 0 fully saturated rings. The standard InChI is InChI=1S/C20H24N4OS/c1-14(2)23-16-10-8-15(9-11-16)20(25)22-13-5-12-21-19-17-6-3-4-7-18(17)26-24-19/h3-4,6-11,14,23H,5,12-13H2,1-2H3,(H,21,24)(H,22,25). The van der Waals surface area contributed by atoms with E-state index < -0.39 is 0 Å². The van der Waals surface area contributed by atoms with Crippen LogP contribution in [0.5, 0.6) is 0 Å². The zero-order chi connectivity index (χ0) is 18.4. The summed E-state index contributed by atoms with van der Waals surface area (Å²) >= 11 is 1.50. The molecule has 0 bridgehead atoms. The zero-order valence-corrected chi connectivity index (χ0v) is 15.9. The highest BCUT2D eigenvalue weighted by Crippen LogP contribution is 2.25. The molecule has 0 saturated carbocycles. The van der Waals surface area contributed by atoms with Crippen LogP contribution in [0.25, 0.3) is 10.1 Å². The van der Waals surface area contributed by atoms with Crippen LogP contribution in [0.2, 0.25) is 0 Å². The van der Waals surface area contributed by atoms with Crippen LogP contribution in [0.4, 0.5) is 11.5 Å². The predicted molar refractivity (Wildman–Crippen MR) is 110 cm³/mol. The Kier molecular flexibility index (Phi) is 6.07. The first-order valence-corrected chi connectivity index (χ1v) is 9.64. The van der Waals surface area contributed by atoms with Gasteiger partial charge in [0.05, 0.1) is 4.70 Å². The molecule has 26 heavy (non-hydrogen) atoms. The fourth-order valence-corrected chi connectivity index (χ4v) is 3.42. The average molecular weight is 369 g/mol. The Morgan fingerprint density at radius 1 is 1.08 bits per heavy atom. The number of aromatic nitrogens is 1. The molecule has 3 N–H and O–H groups in total. The van der Waals surface area contributed by atoms with Gasteiger partial charge in [-0.05, 0) is 68.2 Å². The smallest absolute Gasteiger partial charge is 0.251 e. The van der Waals surface area contributed by atoms with Gasteiger partial charge in [0.15, 0.2) is 0 Å². The lowest BCUT2D eigenvalue weighted by Gasteiger charge is -2.10. The van der Waals surface area contributed by atoms with E-state index in [0.717, 1.165) is 29.9 Å². The van der Waals surface area contributed by atoms with Gasteiger partial charge >= 0.3 is 0 Å². The predicted octanol–water partition coefficient (Wildman–Crippen LogP) is 4.35. The minimum Gasteiger partial charge on any atom is -0.383 e. The second kappa shape index (κ2) is 8.67. The number of carbonyl (C=O) groups excluding carboxylic acids is 1. The van der Waals surface area contributed by atoms with Crippen molar-refractivity contribution in [3.05, 3.63) is 54.1 Å². The maximum atomic E-state index is 12.2. The van der Waals surface area contributed by atoms with Crippen LogP contribution in [0, 0.1) is 0 Å². The summed E-state index contributed by atoms with van der Waals surface area (Å²) in [5, 5.41) is 10.8. The third kappa shape index (κ3) is 4.73. The van der Waals surface area contributed by atoms with Gasteiger partial charge in [0.1, 0.15) is 5.82 Å². The lowest BCUT2D eigenvalue weighted by Crippen LogP contribution is -2.25. The fourth-order valence-electron chi connectivity index (χ4n) is 2.66. The largest absolute Gasteiger partial charge is 0.383 e. The Hall–Kier alpha value is -2.60. The molecular formula is C20H24N4OS. The van der Waals surface area contributed by atoms with Crippen LogP contribution < -0.4 is 16.0 Å². The Bertz CT molecular complexity index is 858. The first kappa shape index (κ1) is 18.2. The number of fused-ring (bicyclic) bond motifs is 1. The third-order valence-electron chi connectivity index (χ3n) is 3.91. The van der Waals surface area contributed by atoms with Gasteiger partial charge in [0, 0.05) is 35.8 Å². The lowest BCUT2D eigenvalue weighted by atomic mass is 10.2. The first-order chi connectivity index (χ1) is 12.6. The highest BCUT2D eigenvalue weighted by atomic mass is 32.1. The van der Waals surface area contributed by atoms with E-state index in [1.165, 1.54) is 16.2 Å². The lowest BCUT2D eigenvalue weighted by molar-refractivity contribution is 0.0953. The zero-order valence-electron chi connectivity index (χ0n) is 15.1. The van der Waals surface area contributed by atoms with Crippen LogP contribution in [-0.4, -0.2) is 29.4 Å². The average Bonchev–Trinajstić information content (AvgIpc) is 3.05. The summed E-state index contributed by atoms with van der Waals surface area (Å²) in [4.78, 5) is 12.2. The molecule has 3 aromatic rings. The third-order valence-corrected chi connectivity index (χ3v) is 4.74. The van der Waals surface area contributed by atoms with Crippen molar-refractivity contribution in [1.82, 2.24) is 9.69 Å². The van der Waals surface area contributed by atoms with Crippen LogP contribution in [0.3, 0.4) is 0 Å². The molecule has 136 valence electrons. The minimum atomic E-state index is -0.0415. The second-order valence-electron chi connectivity index (χ2n) is 6.44. The summed E-state index contributed by atoms with van der Waals surface area (Å²) in [6, 6.07) is 16.1. The van der Waals surface area contributed by atoms with Gasteiger partial charge in [-0.3, -0.25) is 4.79 Å². The Balaban J connectivity index is 1.41. The number of nitrogens with zero attached hydrogens (tertiary/aromatic N) is 1. The van der Waals surface area contributed by atoms with Crippen molar-refractivity contribution in [2.24, 2.45) is 0 Å². The van der Waals surface area contributed by atoms with E-state index in [0.29, 0.717) is 18.2 Å². The van der Waals surface area contributed by atoms with Crippen LogP contribution in [0.1, 0.15) is 30.6 Å². The van der Waals surface area contributed by atoms with Crippen molar-refractivity contribution in [2.75, 3.05) is 23.7 Å². The first-order valence-electron chi connectivity index (χ1n) is 8.86. The van der Waals surface area contributed by atoms with E-state index in [1.807, 2.05) is 36.4 Å². The summed E-state index contributed by atoms with van der Waals surface area (Å²) in [5.74, 6) is 0.880.